The predicted octanol–water partition coefficient (Wildman–Crippen LogP) is 1.58. The van der Waals surface area contributed by atoms with Gasteiger partial charge in [-0.05, 0) is 11.6 Å². The van der Waals surface area contributed by atoms with Gasteiger partial charge < -0.3 is 5.84 Å². The molecule has 0 fully saturated rings. The van der Waals surface area contributed by atoms with Crippen molar-refractivity contribution < 1.29 is 4.39 Å². The van der Waals surface area contributed by atoms with Gasteiger partial charge in [-0.25, -0.2) is 14.4 Å². The number of benzene rings is 1. The number of nitrogens with zero attached hydrogens (tertiary/aromatic N) is 3. The van der Waals surface area contributed by atoms with Gasteiger partial charge in [-0.3, -0.25) is 0 Å². The Kier molecular flexibility index (Phi) is 2.86. The van der Waals surface area contributed by atoms with E-state index in [1.54, 1.807) is 0 Å². The molecular weight excluding hydrogens is 207 g/mol. The quantitative estimate of drug-likeness (QED) is 0.471. The Morgan fingerprint density at radius 2 is 2.00 bits per heavy atom. The van der Waals surface area contributed by atoms with Crippen LogP contribution in [0.1, 0.15) is 5.56 Å². The van der Waals surface area contributed by atoms with E-state index in [-0.39, 0.29) is 0 Å². The van der Waals surface area contributed by atoms with Crippen LogP contribution in [0.5, 0.6) is 0 Å². The topological polar surface area (TPSA) is 64.2 Å². The molecule has 2 aromatic rings. The van der Waals surface area contributed by atoms with Gasteiger partial charge in [0, 0.05) is 5.56 Å². The van der Waals surface area contributed by atoms with Gasteiger partial charge in [0.25, 0.3) is 0 Å². The molecule has 80 valence electrons. The highest BCUT2D eigenvalue weighted by atomic mass is 19.1. The number of nitrogens with two attached hydrogens (primary N) is 1. The van der Waals surface area contributed by atoms with Gasteiger partial charge in [-0.15, -0.1) is 0 Å². The maximum atomic E-state index is 12.6. The normalized spacial score (nSPS) is 10.8. The van der Waals surface area contributed by atoms with Crippen LogP contribution in [0, 0.1) is 5.82 Å². The van der Waals surface area contributed by atoms with Crippen LogP contribution in [0.4, 0.5) is 4.39 Å². The lowest BCUT2D eigenvalue weighted by atomic mass is 10.1. The molecule has 0 amide bonds. The lowest BCUT2D eigenvalue weighted by molar-refractivity contribution is 0.614. The second-order valence-corrected chi connectivity index (χ2v) is 3.13. The van der Waals surface area contributed by atoms with Gasteiger partial charge in [0.15, 0.2) is 11.6 Å². The summed E-state index contributed by atoms with van der Waals surface area (Å²) < 4.78 is 12.6. The molecule has 1 aromatic heterocycles. The van der Waals surface area contributed by atoms with Gasteiger partial charge >= 0.3 is 0 Å². The van der Waals surface area contributed by atoms with E-state index in [9.17, 15) is 4.39 Å². The first-order valence-corrected chi connectivity index (χ1v) is 4.61. The molecule has 5 heteroatoms. The maximum absolute atomic E-state index is 12.6. The third kappa shape index (κ3) is 2.20. The maximum Gasteiger partial charge on any atom is 0.159 e. The predicted molar refractivity (Wildman–Crippen MR) is 59.2 cm³/mol. The molecule has 0 radical (unpaired) electrons. The van der Waals surface area contributed by atoms with E-state index in [1.165, 1.54) is 6.21 Å². The highest BCUT2D eigenvalue weighted by Gasteiger charge is 2.01. The zero-order valence-electron chi connectivity index (χ0n) is 8.34. The fourth-order valence-electron chi connectivity index (χ4n) is 1.31. The van der Waals surface area contributed by atoms with Crippen molar-refractivity contribution in [2.24, 2.45) is 10.9 Å². The first kappa shape index (κ1) is 10.2. The summed E-state index contributed by atoms with van der Waals surface area (Å²) in [5.41, 5.74) is 1.63. The minimum absolute atomic E-state index is 0.455. The van der Waals surface area contributed by atoms with Crippen molar-refractivity contribution in [3.05, 3.63) is 48.0 Å². The fourth-order valence-corrected chi connectivity index (χ4v) is 1.31. The zero-order valence-corrected chi connectivity index (χ0v) is 8.34. The van der Waals surface area contributed by atoms with Crippen LogP contribution in [0.15, 0.2) is 41.8 Å². The van der Waals surface area contributed by atoms with Crippen molar-refractivity contribution in [2.75, 3.05) is 0 Å². The van der Waals surface area contributed by atoms with Gasteiger partial charge in [0.05, 0.1) is 18.6 Å². The smallest absolute Gasteiger partial charge is 0.159 e. The van der Waals surface area contributed by atoms with Crippen LogP contribution in [0.25, 0.3) is 11.4 Å². The summed E-state index contributed by atoms with van der Waals surface area (Å²) in [7, 11) is 0. The summed E-state index contributed by atoms with van der Waals surface area (Å²) in [6.45, 7) is 0. The number of hydrogen-bond donors (Lipinski definition) is 1. The Bertz CT molecular complexity index is 508. The first-order valence-electron chi connectivity index (χ1n) is 4.61. The molecule has 4 nitrogen and oxygen atoms in total. The molecule has 0 saturated heterocycles. The molecule has 0 saturated carbocycles. The third-order valence-electron chi connectivity index (χ3n) is 1.99. The molecule has 1 aromatic carbocycles. The van der Waals surface area contributed by atoms with Gasteiger partial charge in [-0.1, -0.05) is 18.2 Å². The van der Waals surface area contributed by atoms with Gasteiger partial charge in [0.2, 0.25) is 0 Å². The van der Waals surface area contributed by atoms with Crippen molar-refractivity contribution in [3.63, 3.8) is 0 Å². The Labute approximate surface area is 91.7 Å². The average Bonchev–Trinajstić information content (AvgIpc) is 2.31. The van der Waals surface area contributed by atoms with E-state index < -0.39 is 5.82 Å². The van der Waals surface area contributed by atoms with Crippen molar-refractivity contribution >= 4 is 6.21 Å². The molecule has 0 bridgehead atoms. The van der Waals surface area contributed by atoms with Gasteiger partial charge in [-0.2, -0.15) is 5.10 Å². The van der Waals surface area contributed by atoms with Crippen LogP contribution in [0.3, 0.4) is 0 Å². The Morgan fingerprint density at radius 3 is 2.69 bits per heavy atom. The van der Waals surface area contributed by atoms with E-state index in [0.717, 1.165) is 23.5 Å². The summed E-state index contributed by atoms with van der Waals surface area (Å²) >= 11 is 0. The second kappa shape index (κ2) is 4.48. The summed E-state index contributed by atoms with van der Waals surface area (Å²) in [6.07, 6.45) is 3.78. The highest BCUT2D eigenvalue weighted by molar-refractivity contribution is 5.81. The number of hydrogen-bond acceptors (Lipinski definition) is 4. The van der Waals surface area contributed by atoms with Crippen LogP contribution < -0.4 is 5.84 Å². The Hall–Kier alpha value is -2.30. The average molecular weight is 216 g/mol. The molecular formula is C11H9FN4. The Balaban J connectivity index is 2.40. The molecule has 2 N–H and O–H groups in total. The molecule has 0 spiro atoms. The van der Waals surface area contributed by atoms with Crippen molar-refractivity contribution in [2.45, 2.75) is 0 Å². The number of rotatable bonds is 2. The van der Waals surface area contributed by atoms with Crippen LogP contribution in [-0.4, -0.2) is 16.2 Å². The SMILES string of the molecule is NN=Cc1cccc(-c2ncc(F)cn2)c1. The zero-order chi connectivity index (χ0) is 11.4. The summed E-state index contributed by atoms with van der Waals surface area (Å²) in [5, 5.41) is 3.43. The largest absolute Gasteiger partial charge is 0.323 e. The monoisotopic (exact) mass is 216 g/mol. The minimum Gasteiger partial charge on any atom is -0.323 e. The van der Waals surface area contributed by atoms with Crippen LogP contribution in [0.2, 0.25) is 0 Å². The molecule has 0 aliphatic rings. The van der Waals surface area contributed by atoms with E-state index in [2.05, 4.69) is 15.1 Å². The van der Waals surface area contributed by atoms with Crippen molar-refractivity contribution in [3.8, 4) is 11.4 Å². The third-order valence-corrected chi connectivity index (χ3v) is 1.99. The summed E-state index contributed by atoms with van der Waals surface area (Å²) in [5.74, 6) is 5.07. The molecule has 0 aliphatic carbocycles. The number of hydrazone groups is 1. The van der Waals surface area contributed by atoms with E-state index >= 15 is 0 Å². The number of aromatic nitrogens is 2. The Morgan fingerprint density at radius 1 is 1.25 bits per heavy atom. The number of halogens is 1. The fraction of sp³-hybridized carbons (Fsp3) is 0. The first-order chi connectivity index (χ1) is 7.79. The summed E-state index contributed by atoms with van der Waals surface area (Å²) in [6, 6.07) is 7.34. The molecule has 1 heterocycles. The molecule has 0 atom stereocenters. The summed E-state index contributed by atoms with van der Waals surface area (Å²) in [4.78, 5) is 7.78. The minimum atomic E-state index is -0.455. The lowest BCUT2D eigenvalue weighted by Crippen LogP contribution is -1.91. The standard InChI is InChI=1S/C11H9FN4/c12-10-6-14-11(15-7-10)9-3-1-2-8(4-9)5-16-13/h1-7H,13H2. The molecule has 16 heavy (non-hydrogen) atoms. The van der Waals surface area contributed by atoms with E-state index in [1.807, 2.05) is 24.3 Å². The second-order valence-electron chi connectivity index (χ2n) is 3.13. The van der Waals surface area contributed by atoms with Crippen LogP contribution in [-0.2, 0) is 0 Å². The molecule has 0 aliphatic heterocycles. The van der Waals surface area contributed by atoms with Crippen molar-refractivity contribution in [1.82, 2.24) is 9.97 Å². The van der Waals surface area contributed by atoms with E-state index in [0.29, 0.717) is 5.82 Å². The highest BCUT2D eigenvalue weighted by Crippen LogP contribution is 2.14. The van der Waals surface area contributed by atoms with Crippen molar-refractivity contribution in [1.29, 1.82) is 0 Å². The molecule has 2 rings (SSSR count). The van der Waals surface area contributed by atoms with E-state index in [4.69, 9.17) is 5.84 Å². The molecule has 0 unspecified atom stereocenters. The van der Waals surface area contributed by atoms with Crippen LogP contribution >= 0.6 is 0 Å². The lowest BCUT2D eigenvalue weighted by Gasteiger charge is -2.00. The van der Waals surface area contributed by atoms with Gasteiger partial charge in [0.1, 0.15) is 0 Å².